The Bertz CT molecular complexity index is 633. The number of rotatable bonds is 3. The lowest BCUT2D eigenvalue weighted by Crippen LogP contribution is -2.15. The van der Waals surface area contributed by atoms with Crippen LogP contribution in [0.25, 0.3) is 0 Å². The highest BCUT2D eigenvalue weighted by atomic mass is 16.5. The van der Waals surface area contributed by atoms with Gasteiger partial charge in [-0.25, -0.2) is 0 Å². The number of benzene rings is 2. The van der Waals surface area contributed by atoms with Gasteiger partial charge in [-0.15, -0.1) is 0 Å². The molecule has 0 aromatic heterocycles. The minimum Gasteiger partial charge on any atom is -0.496 e. The minimum absolute atomic E-state index is 0.0693. The summed E-state index contributed by atoms with van der Waals surface area (Å²) in [6, 6.07) is 14.1. The summed E-state index contributed by atoms with van der Waals surface area (Å²) in [5.41, 5.74) is 4.43. The van der Waals surface area contributed by atoms with E-state index in [1.165, 1.54) is 11.1 Å². The van der Waals surface area contributed by atoms with Crippen molar-refractivity contribution in [1.82, 2.24) is 0 Å². The van der Waals surface area contributed by atoms with E-state index in [2.05, 4.69) is 12.1 Å². The molecule has 20 heavy (non-hydrogen) atoms. The van der Waals surface area contributed by atoms with E-state index in [-0.39, 0.29) is 11.7 Å². The Morgan fingerprint density at radius 1 is 1.10 bits per heavy atom. The van der Waals surface area contributed by atoms with Crippen LogP contribution in [0.4, 0.5) is 0 Å². The van der Waals surface area contributed by atoms with Gasteiger partial charge in [0.2, 0.25) is 0 Å². The summed E-state index contributed by atoms with van der Waals surface area (Å²) >= 11 is 0. The fourth-order valence-corrected chi connectivity index (χ4v) is 2.95. The first-order valence-corrected chi connectivity index (χ1v) is 6.94. The number of carbonyl (C=O) groups excluding carboxylic acids is 1. The Labute approximate surface area is 119 Å². The van der Waals surface area contributed by atoms with Crippen molar-refractivity contribution in [3.8, 4) is 5.75 Å². The van der Waals surface area contributed by atoms with Crippen LogP contribution in [0.3, 0.4) is 0 Å². The topological polar surface area (TPSA) is 26.3 Å². The highest BCUT2D eigenvalue weighted by Gasteiger charge is 2.28. The molecular weight excluding hydrogens is 248 g/mol. The summed E-state index contributed by atoms with van der Waals surface area (Å²) in [5, 5.41) is 0. The van der Waals surface area contributed by atoms with Gasteiger partial charge in [0.15, 0.2) is 5.78 Å². The molecule has 0 heterocycles. The van der Waals surface area contributed by atoms with Crippen LogP contribution in [0, 0.1) is 12.8 Å². The summed E-state index contributed by atoms with van der Waals surface area (Å²) in [6.07, 6.45) is 1.70. The van der Waals surface area contributed by atoms with Gasteiger partial charge in [0.25, 0.3) is 0 Å². The van der Waals surface area contributed by atoms with Crippen LogP contribution in [-0.2, 0) is 12.8 Å². The average molecular weight is 266 g/mol. The van der Waals surface area contributed by atoms with E-state index in [1.807, 2.05) is 37.3 Å². The monoisotopic (exact) mass is 266 g/mol. The van der Waals surface area contributed by atoms with Gasteiger partial charge in [0.05, 0.1) is 7.11 Å². The molecule has 0 unspecified atom stereocenters. The number of fused-ring (bicyclic) bond motifs is 1. The molecule has 2 aromatic rings. The van der Waals surface area contributed by atoms with Gasteiger partial charge < -0.3 is 4.74 Å². The number of carbonyl (C=O) groups is 1. The Kier molecular flexibility index (Phi) is 3.31. The van der Waals surface area contributed by atoms with Crippen molar-refractivity contribution in [3.05, 3.63) is 64.7 Å². The largest absolute Gasteiger partial charge is 0.496 e. The maximum absolute atomic E-state index is 12.6. The number of hydrogen-bond donors (Lipinski definition) is 0. The molecule has 102 valence electrons. The van der Waals surface area contributed by atoms with E-state index < -0.39 is 0 Å². The van der Waals surface area contributed by atoms with Crippen molar-refractivity contribution >= 4 is 5.78 Å². The molecule has 0 aliphatic heterocycles. The quantitative estimate of drug-likeness (QED) is 0.793. The van der Waals surface area contributed by atoms with Crippen molar-refractivity contribution in [2.45, 2.75) is 19.8 Å². The van der Waals surface area contributed by atoms with Crippen LogP contribution in [0.15, 0.2) is 42.5 Å². The summed E-state index contributed by atoms with van der Waals surface area (Å²) < 4.78 is 5.31. The zero-order valence-corrected chi connectivity index (χ0v) is 11.8. The average Bonchev–Trinajstić information content (AvgIpc) is 2.91. The molecule has 3 rings (SSSR count). The van der Waals surface area contributed by atoms with Crippen molar-refractivity contribution in [3.63, 3.8) is 0 Å². The molecule has 2 nitrogen and oxygen atoms in total. The normalized spacial score (nSPS) is 14.1. The van der Waals surface area contributed by atoms with Crippen molar-refractivity contribution in [1.29, 1.82) is 0 Å². The van der Waals surface area contributed by atoms with Crippen LogP contribution < -0.4 is 4.74 Å². The molecule has 0 saturated carbocycles. The Morgan fingerprint density at radius 3 is 2.35 bits per heavy atom. The van der Waals surface area contributed by atoms with Crippen LogP contribution in [0.2, 0.25) is 0 Å². The molecule has 0 N–H and O–H groups in total. The third-order valence-electron chi connectivity index (χ3n) is 4.11. The predicted octanol–water partition coefficient (Wildman–Crippen LogP) is 3.60. The molecule has 2 heteroatoms. The maximum Gasteiger partial charge on any atom is 0.166 e. The van der Waals surface area contributed by atoms with Crippen molar-refractivity contribution in [2.24, 2.45) is 5.92 Å². The van der Waals surface area contributed by atoms with E-state index >= 15 is 0 Å². The van der Waals surface area contributed by atoms with Crippen LogP contribution >= 0.6 is 0 Å². The zero-order chi connectivity index (χ0) is 14.1. The maximum atomic E-state index is 12.6. The van der Waals surface area contributed by atoms with E-state index in [4.69, 9.17) is 4.74 Å². The summed E-state index contributed by atoms with van der Waals surface area (Å²) in [6.45, 7) is 1.98. The van der Waals surface area contributed by atoms with Gasteiger partial charge in [-0.2, -0.15) is 0 Å². The van der Waals surface area contributed by atoms with Gasteiger partial charge in [-0.1, -0.05) is 36.4 Å². The first kappa shape index (κ1) is 12.9. The lowest BCUT2D eigenvalue weighted by atomic mass is 9.94. The third kappa shape index (κ3) is 2.22. The Hall–Kier alpha value is -2.09. The first-order chi connectivity index (χ1) is 9.69. The summed E-state index contributed by atoms with van der Waals surface area (Å²) in [5.74, 6) is 1.07. The first-order valence-electron chi connectivity index (χ1n) is 6.94. The highest BCUT2D eigenvalue weighted by molar-refractivity contribution is 5.99. The van der Waals surface area contributed by atoms with Crippen LogP contribution in [0.5, 0.6) is 5.75 Å². The molecule has 1 aliphatic rings. The molecular formula is C18H18O2. The summed E-state index contributed by atoms with van der Waals surface area (Å²) in [7, 11) is 1.64. The second-order valence-electron chi connectivity index (χ2n) is 5.42. The molecule has 0 atom stereocenters. The number of methoxy groups -OCH3 is 1. The van der Waals surface area contributed by atoms with Gasteiger partial charge in [0.1, 0.15) is 5.75 Å². The van der Waals surface area contributed by atoms with Gasteiger partial charge >= 0.3 is 0 Å². The minimum atomic E-state index is 0.0693. The standard InChI is InChI=1S/C18H18O2/c1-12-7-8-15(11-17(12)20-2)18(19)16-9-13-5-3-4-6-14(13)10-16/h3-8,11,16H,9-10H2,1-2H3. The zero-order valence-electron chi connectivity index (χ0n) is 11.8. The second kappa shape index (κ2) is 5.12. The smallest absolute Gasteiger partial charge is 0.166 e. The number of aryl methyl sites for hydroxylation is 1. The van der Waals surface area contributed by atoms with E-state index in [9.17, 15) is 4.79 Å². The third-order valence-corrected chi connectivity index (χ3v) is 4.11. The summed E-state index contributed by atoms with van der Waals surface area (Å²) in [4.78, 5) is 12.6. The van der Waals surface area contributed by atoms with E-state index in [0.717, 1.165) is 29.7 Å². The molecule has 0 fully saturated rings. The lowest BCUT2D eigenvalue weighted by Gasteiger charge is -2.11. The predicted molar refractivity (Wildman–Crippen MR) is 79.4 cm³/mol. The Balaban J connectivity index is 1.84. The number of ketones is 1. The van der Waals surface area contributed by atoms with E-state index in [1.54, 1.807) is 7.11 Å². The second-order valence-corrected chi connectivity index (χ2v) is 5.42. The Morgan fingerprint density at radius 2 is 1.75 bits per heavy atom. The molecule has 0 bridgehead atoms. The SMILES string of the molecule is COc1cc(C(=O)C2Cc3ccccc3C2)ccc1C. The van der Waals surface area contributed by atoms with Gasteiger partial charge in [-0.3, -0.25) is 4.79 Å². The van der Waals surface area contributed by atoms with Crippen molar-refractivity contribution in [2.75, 3.05) is 7.11 Å². The fraction of sp³-hybridized carbons (Fsp3) is 0.278. The number of hydrogen-bond acceptors (Lipinski definition) is 2. The van der Waals surface area contributed by atoms with E-state index in [0.29, 0.717) is 0 Å². The van der Waals surface area contributed by atoms with Gasteiger partial charge in [0, 0.05) is 11.5 Å². The molecule has 1 aliphatic carbocycles. The molecule has 2 aromatic carbocycles. The highest BCUT2D eigenvalue weighted by Crippen LogP contribution is 2.30. The molecule has 0 amide bonds. The molecule has 0 spiro atoms. The van der Waals surface area contributed by atoms with Crippen LogP contribution in [-0.4, -0.2) is 12.9 Å². The molecule has 0 saturated heterocycles. The number of Topliss-reactive ketones (excluding diaryl/α,β-unsaturated/α-hetero) is 1. The van der Waals surface area contributed by atoms with Crippen molar-refractivity contribution < 1.29 is 9.53 Å². The fourth-order valence-electron chi connectivity index (χ4n) is 2.95. The van der Waals surface area contributed by atoms with Crippen LogP contribution in [0.1, 0.15) is 27.0 Å². The lowest BCUT2D eigenvalue weighted by molar-refractivity contribution is 0.0924. The van der Waals surface area contributed by atoms with Gasteiger partial charge in [-0.05, 0) is 42.5 Å². The molecule has 0 radical (unpaired) electrons. The number of ether oxygens (including phenoxy) is 1.